The molecule has 0 aliphatic rings. The number of hydrogen-bond donors (Lipinski definition) is 3. The van der Waals surface area contributed by atoms with Gasteiger partial charge in [0.2, 0.25) is 0 Å². The SMILES string of the molecule is C=COC(C)=O.O=C(O)O.O=C(O)OF. The van der Waals surface area contributed by atoms with E-state index in [1.807, 2.05) is 0 Å². The first-order valence-electron chi connectivity index (χ1n) is 2.99. The van der Waals surface area contributed by atoms with Crippen LogP contribution in [0.1, 0.15) is 6.92 Å². The molecular weight excluding hydrogens is 219 g/mol. The average Bonchev–Trinajstić information content (AvgIpc) is 2.03. The minimum absolute atomic E-state index is 0.329. The molecule has 0 radical (unpaired) electrons. The summed E-state index contributed by atoms with van der Waals surface area (Å²) >= 11 is 0. The lowest BCUT2D eigenvalue weighted by molar-refractivity contribution is -0.135. The zero-order valence-corrected chi connectivity index (χ0v) is 7.55. The van der Waals surface area contributed by atoms with Crippen molar-refractivity contribution < 1.29 is 43.9 Å². The smallest absolute Gasteiger partial charge is 0.450 e. The van der Waals surface area contributed by atoms with Gasteiger partial charge in [0.25, 0.3) is 0 Å². The normalized spacial score (nSPS) is 6.53. The van der Waals surface area contributed by atoms with E-state index < -0.39 is 12.3 Å². The van der Waals surface area contributed by atoms with E-state index in [2.05, 4.69) is 16.3 Å². The van der Waals surface area contributed by atoms with E-state index in [-0.39, 0.29) is 5.97 Å². The van der Waals surface area contributed by atoms with Crippen molar-refractivity contribution in [1.29, 1.82) is 0 Å². The number of carbonyl (C=O) groups excluding carboxylic acids is 1. The number of hydrogen-bond acceptors (Lipinski definition) is 5. The predicted molar refractivity (Wildman–Crippen MR) is 42.8 cm³/mol. The maximum Gasteiger partial charge on any atom is 0.542 e. The predicted octanol–water partition coefficient (Wildman–Crippen LogP) is 1.48. The van der Waals surface area contributed by atoms with Gasteiger partial charge in [-0.25, -0.2) is 14.5 Å². The highest BCUT2D eigenvalue weighted by Gasteiger charge is 1.87. The van der Waals surface area contributed by atoms with Crippen LogP contribution in [0, 0.1) is 0 Å². The lowest BCUT2D eigenvalue weighted by Crippen LogP contribution is -1.87. The molecule has 0 bridgehead atoms. The number of esters is 1. The van der Waals surface area contributed by atoms with Crippen molar-refractivity contribution in [1.82, 2.24) is 0 Å². The van der Waals surface area contributed by atoms with Gasteiger partial charge >= 0.3 is 18.3 Å². The minimum Gasteiger partial charge on any atom is -0.450 e. The molecule has 0 rings (SSSR count). The van der Waals surface area contributed by atoms with Crippen molar-refractivity contribution in [3.8, 4) is 0 Å². The van der Waals surface area contributed by atoms with Crippen molar-refractivity contribution in [2.24, 2.45) is 0 Å². The number of carbonyl (C=O) groups is 3. The number of ether oxygens (including phenoxy) is 1. The second-order valence-electron chi connectivity index (χ2n) is 1.40. The maximum atomic E-state index is 10.0. The van der Waals surface area contributed by atoms with Gasteiger partial charge in [0.1, 0.15) is 0 Å². The fourth-order valence-electron chi connectivity index (χ4n) is 0.117. The van der Waals surface area contributed by atoms with Gasteiger partial charge in [-0.05, 0) is 0 Å². The molecule has 15 heavy (non-hydrogen) atoms. The lowest BCUT2D eigenvalue weighted by Gasteiger charge is -1.83. The molecule has 0 heterocycles. The van der Waals surface area contributed by atoms with Crippen LogP contribution in [-0.4, -0.2) is 33.6 Å². The summed E-state index contributed by atoms with van der Waals surface area (Å²) in [6.07, 6.45) is -2.65. The minimum atomic E-state index is -1.91. The van der Waals surface area contributed by atoms with Crippen molar-refractivity contribution in [3.63, 3.8) is 0 Å². The molecule has 0 amide bonds. The Kier molecular flexibility index (Phi) is 17.5. The van der Waals surface area contributed by atoms with Gasteiger partial charge in [-0.2, -0.15) is 0 Å². The van der Waals surface area contributed by atoms with Gasteiger partial charge in [-0.1, -0.05) is 6.58 Å². The van der Waals surface area contributed by atoms with Crippen LogP contribution in [0.2, 0.25) is 0 Å². The molecule has 0 aliphatic heterocycles. The Morgan fingerprint density at radius 1 is 1.27 bits per heavy atom. The number of rotatable bonds is 1. The van der Waals surface area contributed by atoms with Gasteiger partial charge in [-0.15, -0.1) is 0 Å². The fourth-order valence-corrected chi connectivity index (χ4v) is 0.117. The molecule has 8 nitrogen and oxygen atoms in total. The first-order valence-corrected chi connectivity index (χ1v) is 2.99. The second-order valence-corrected chi connectivity index (χ2v) is 1.40. The van der Waals surface area contributed by atoms with Gasteiger partial charge < -0.3 is 20.1 Å². The Labute approximate surface area is 83.0 Å². The molecule has 3 N–H and O–H groups in total. The van der Waals surface area contributed by atoms with E-state index in [1.165, 1.54) is 6.92 Å². The quantitative estimate of drug-likeness (QED) is 0.454. The Bertz CT molecular complexity index is 209. The standard InChI is InChI=1S/C4H6O2.CHFO3.CH2O3/c1-3-6-4(2)5;2-5-1(3)4;2-1(3)4/h3H,1H2,2H3;(H,3,4);(H2,2,3,4). The zero-order chi connectivity index (χ0) is 12.9. The summed E-state index contributed by atoms with van der Waals surface area (Å²) < 4.78 is 14.2. The maximum absolute atomic E-state index is 10.0. The van der Waals surface area contributed by atoms with Gasteiger partial charge in [0.15, 0.2) is 0 Å². The van der Waals surface area contributed by atoms with Crippen LogP contribution < -0.4 is 0 Å². The van der Waals surface area contributed by atoms with Crippen LogP contribution in [0.4, 0.5) is 14.1 Å². The van der Waals surface area contributed by atoms with E-state index >= 15 is 0 Å². The van der Waals surface area contributed by atoms with Crippen molar-refractivity contribution in [3.05, 3.63) is 12.8 Å². The van der Waals surface area contributed by atoms with Crippen LogP contribution in [0.3, 0.4) is 0 Å². The summed E-state index contributed by atoms with van der Waals surface area (Å²) in [6.45, 7) is 4.48. The molecule has 0 saturated heterocycles. The van der Waals surface area contributed by atoms with Crippen LogP contribution in [-0.2, 0) is 14.5 Å². The van der Waals surface area contributed by atoms with Crippen molar-refractivity contribution in [2.75, 3.05) is 0 Å². The van der Waals surface area contributed by atoms with E-state index in [9.17, 15) is 9.32 Å². The van der Waals surface area contributed by atoms with Crippen LogP contribution >= 0.6 is 0 Å². The summed E-state index contributed by atoms with van der Waals surface area (Å²) in [6, 6.07) is 0. The van der Waals surface area contributed by atoms with Crippen LogP contribution in [0.25, 0.3) is 0 Å². The highest BCUT2D eigenvalue weighted by atomic mass is 19.3. The lowest BCUT2D eigenvalue weighted by atomic mass is 10.8. The third-order valence-electron chi connectivity index (χ3n) is 0.315. The Morgan fingerprint density at radius 3 is 1.53 bits per heavy atom. The van der Waals surface area contributed by atoms with Crippen molar-refractivity contribution >= 4 is 18.3 Å². The third-order valence-corrected chi connectivity index (χ3v) is 0.315. The summed E-state index contributed by atoms with van der Waals surface area (Å²) in [7, 11) is 0. The summed E-state index contributed by atoms with van der Waals surface area (Å²) in [5.41, 5.74) is 0. The fraction of sp³-hybridized carbons (Fsp3) is 0.167. The third kappa shape index (κ3) is 152. The molecule has 0 aromatic rings. The summed E-state index contributed by atoms with van der Waals surface area (Å²) in [5.74, 6) is -0.329. The van der Waals surface area contributed by atoms with Gasteiger partial charge in [0, 0.05) is 11.4 Å². The topological polar surface area (TPSA) is 130 Å². The highest BCUT2D eigenvalue weighted by Crippen LogP contribution is 1.70. The summed E-state index contributed by atoms with van der Waals surface area (Å²) in [5, 5.41) is 21.1. The van der Waals surface area contributed by atoms with E-state index in [4.69, 9.17) is 24.9 Å². The van der Waals surface area contributed by atoms with E-state index in [0.717, 1.165) is 6.26 Å². The van der Waals surface area contributed by atoms with Crippen molar-refractivity contribution in [2.45, 2.75) is 6.92 Å². The van der Waals surface area contributed by atoms with E-state index in [0.29, 0.717) is 0 Å². The molecule has 88 valence electrons. The van der Waals surface area contributed by atoms with Crippen LogP contribution in [0.5, 0.6) is 0 Å². The molecular formula is C6H9FO8. The molecule has 9 heteroatoms. The average molecular weight is 228 g/mol. The first kappa shape index (κ1) is 18.5. The van der Waals surface area contributed by atoms with E-state index in [1.54, 1.807) is 0 Å². The zero-order valence-electron chi connectivity index (χ0n) is 7.55. The largest absolute Gasteiger partial charge is 0.542 e. The Hall–Kier alpha value is -2.32. The number of carboxylic acid groups (broad SMARTS) is 3. The Morgan fingerprint density at radius 2 is 1.53 bits per heavy atom. The summed E-state index contributed by atoms with van der Waals surface area (Å²) in [4.78, 5) is 29.2. The molecule has 0 unspecified atom stereocenters. The Balaban J connectivity index is -0.000000147. The first-order chi connectivity index (χ1) is 6.77. The number of halogens is 1. The molecule has 0 aromatic heterocycles. The van der Waals surface area contributed by atoms with Gasteiger partial charge in [-0.3, -0.25) is 4.79 Å². The second kappa shape index (κ2) is 14.2. The molecule has 0 saturated carbocycles. The molecule has 0 aliphatic carbocycles. The molecule has 0 spiro atoms. The highest BCUT2D eigenvalue weighted by molar-refractivity contribution is 5.66. The van der Waals surface area contributed by atoms with Crippen LogP contribution in [0.15, 0.2) is 12.8 Å². The molecule has 0 fully saturated rings. The van der Waals surface area contributed by atoms with Gasteiger partial charge in [0.05, 0.1) is 6.26 Å². The monoisotopic (exact) mass is 228 g/mol. The molecule has 0 aromatic carbocycles. The molecule has 0 atom stereocenters.